The van der Waals surface area contributed by atoms with Crippen LogP contribution in [-0.4, -0.2) is 37.2 Å². The third kappa shape index (κ3) is 3.05. The third-order valence-electron chi connectivity index (χ3n) is 2.61. The maximum absolute atomic E-state index is 12.0. The van der Waals surface area contributed by atoms with Gasteiger partial charge in [-0.1, -0.05) is 23.2 Å². The molecule has 3 N–H and O–H groups in total. The molecule has 1 saturated heterocycles. The first-order chi connectivity index (χ1) is 8.58. The van der Waals surface area contributed by atoms with Gasteiger partial charge in [-0.15, -0.1) is 0 Å². The molecule has 18 heavy (non-hydrogen) atoms. The summed E-state index contributed by atoms with van der Waals surface area (Å²) < 4.78 is 5.19. The highest BCUT2D eigenvalue weighted by atomic mass is 35.5. The molecule has 1 fully saturated rings. The Balaban J connectivity index is 2.13. The average molecular weight is 290 g/mol. The topological polar surface area (TPSA) is 67.6 Å². The van der Waals surface area contributed by atoms with Crippen LogP contribution in [0.15, 0.2) is 12.1 Å². The van der Waals surface area contributed by atoms with Crippen molar-refractivity contribution < 1.29 is 9.53 Å². The van der Waals surface area contributed by atoms with Gasteiger partial charge in [0.2, 0.25) is 0 Å². The molecular weight excluding hydrogens is 277 g/mol. The van der Waals surface area contributed by atoms with E-state index in [2.05, 4.69) is 5.43 Å². The second-order valence-corrected chi connectivity index (χ2v) is 4.73. The first-order valence-corrected chi connectivity index (χ1v) is 6.21. The van der Waals surface area contributed by atoms with E-state index in [1.165, 1.54) is 12.1 Å². The number of carbonyl (C=O) groups is 1. The number of hydrogen-bond donors (Lipinski definition) is 2. The average Bonchev–Trinajstić information content (AvgIpc) is 2.35. The van der Waals surface area contributed by atoms with Crippen molar-refractivity contribution in [2.24, 2.45) is 0 Å². The number of morpholine rings is 1. The number of nitrogen functional groups attached to an aromatic ring is 1. The smallest absolute Gasteiger partial charge is 0.267 e. The van der Waals surface area contributed by atoms with Crippen molar-refractivity contribution in [3.63, 3.8) is 0 Å². The number of halogens is 2. The van der Waals surface area contributed by atoms with Crippen molar-refractivity contribution in [2.75, 3.05) is 32.0 Å². The normalized spacial score (nSPS) is 16.6. The van der Waals surface area contributed by atoms with E-state index < -0.39 is 0 Å². The molecule has 0 atom stereocenters. The molecule has 0 radical (unpaired) electrons. The summed E-state index contributed by atoms with van der Waals surface area (Å²) in [4.78, 5) is 12.0. The number of rotatable bonds is 2. The van der Waals surface area contributed by atoms with E-state index in [0.29, 0.717) is 31.3 Å². The lowest BCUT2D eigenvalue weighted by Gasteiger charge is -2.27. The zero-order chi connectivity index (χ0) is 13.1. The molecule has 7 heteroatoms. The Morgan fingerprint density at radius 2 is 2.00 bits per heavy atom. The van der Waals surface area contributed by atoms with Gasteiger partial charge in [0.05, 0.1) is 29.5 Å². The molecule has 1 heterocycles. The van der Waals surface area contributed by atoms with Crippen LogP contribution in [0.5, 0.6) is 0 Å². The molecule has 5 nitrogen and oxygen atoms in total. The van der Waals surface area contributed by atoms with E-state index in [9.17, 15) is 4.79 Å². The van der Waals surface area contributed by atoms with Crippen molar-refractivity contribution in [2.45, 2.75) is 0 Å². The van der Waals surface area contributed by atoms with Crippen LogP contribution in [0.4, 0.5) is 5.69 Å². The fourth-order valence-electron chi connectivity index (χ4n) is 1.65. The molecule has 1 aliphatic heterocycles. The van der Waals surface area contributed by atoms with Crippen LogP contribution in [-0.2, 0) is 4.74 Å². The second kappa shape index (κ2) is 5.75. The van der Waals surface area contributed by atoms with Gasteiger partial charge in [-0.2, -0.15) is 0 Å². The summed E-state index contributed by atoms with van der Waals surface area (Å²) in [6.07, 6.45) is 0. The first-order valence-electron chi connectivity index (χ1n) is 5.46. The van der Waals surface area contributed by atoms with Crippen molar-refractivity contribution in [1.82, 2.24) is 10.4 Å². The Morgan fingerprint density at radius 1 is 1.33 bits per heavy atom. The van der Waals surface area contributed by atoms with Gasteiger partial charge in [0.25, 0.3) is 5.91 Å². The number of benzene rings is 1. The summed E-state index contributed by atoms with van der Waals surface area (Å²) in [6.45, 7) is 2.46. The predicted octanol–water partition coefficient (Wildman–Crippen LogP) is 1.55. The maximum atomic E-state index is 12.0. The summed E-state index contributed by atoms with van der Waals surface area (Å²) in [5.74, 6) is -0.321. The van der Waals surface area contributed by atoms with Crippen LogP contribution < -0.4 is 11.2 Å². The number of nitrogens with one attached hydrogen (secondary N) is 1. The van der Waals surface area contributed by atoms with Gasteiger partial charge in [0.1, 0.15) is 0 Å². The van der Waals surface area contributed by atoms with Crippen molar-refractivity contribution in [3.05, 3.63) is 27.7 Å². The van der Waals surface area contributed by atoms with Crippen LogP contribution in [0.3, 0.4) is 0 Å². The Morgan fingerprint density at radius 3 is 2.67 bits per heavy atom. The number of amides is 1. The van der Waals surface area contributed by atoms with Crippen molar-refractivity contribution >= 4 is 34.8 Å². The van der Waals surface area contributed by atoms with Crippen LogP contribution in [0.2, 0.25) is 10.0 Å². The summed E-state index contributed by atoms with van der Waals surface area (Å²) in [7, 11) is 0. The minimum Gasteiger partial charge on any atom is -0.397 e. The number of carbonyl (C=O) groups excluding carboxylic acids is 1. The Bertz CT molecular complexity index is 462. The molecule has 1 aliphatic rings. The Hall–Kier alpha value is -1.01. The third-order valence-corrected chi connectivity index (χ3v) is 3.14. The van der Waals surface area contributed by atoms with Crippen LogP contribution in [0.1, 0.15) is 10.4 Å². The summed E-state index contributed by atoms with van der Waals surface area (Å²) in [5.41, 5.74) is 9.02. The highest BCUT2D eigenvalue weighted by Gasteiger charge is 2.17. The van der Waals surface area contributed by atoms with Gasteiger partial charge in [0, 0.05) is 18.1 Å². The Labute approximate surface area is 115 Å². The SMILES string of the molecule is Nc1c(Cl)cc(Cl)cc1C(=O)NN1CCOCC1. The van der Waals surface area contributed by atoms with Crippen LogP contribution >= 0.6 is 23.2 Å². The molecule has 98 valence electrons. The van der Waals surface area contributed by atoms with Crippen LogP contribution in [0.25, 0.3) is 0 Å². The monoisotopic (exact) mass is 289 g/mol. The van der Waals surface area contributed by atoms with E-state index in [0.717, 1.165) is 0 Å². The number of anilines is 1. The quantitative estimate of drug-likeness (QED) is 0.811. The van der Waals surface area contributed by atoms with Crippen LogP contribution in [0, 0.1) is 0 Å². The largest absolute Gasteiger partial charge is 0.397 e. The van der Waals surface area contributed by atoms with Crippen molar-refractivity contribution in [3.8, 4) is 0 Å². The van der Waals surface area contributed by atoms with Gasteiger partial charge in [-0.3, -0.25) is 10.2 Å². The minimum absolute atomic E-state index is 0.229. The van der Waals surface area contributed by atoms with E-state index >= 15 is 0 Å². The van der Waals surface area contributed by atoms with Crippen molar-refractivity contribution in [1.29, 1.82) is 0 Å². The molecule has 1 aromatic rings. The lowest BCUT2D eigenvalue weighted by molar-refractivity contribution is 0.0126. The fourth-order valence-corrected chi connectivity index (χ4v) is 2.15. The van der Waals surface area contributed by atoms with Gasteiger partial charge in [0.15, 0.2) is 0 Å². The fraction of sp³-hybridized carbons (Fsp3) is 0.364. The van der Waals surface area contributed by atoms with E-state index in [-0.39, 0.29) is 22.2 Å². The highest BCUT2D eigenvalue weighted by Crippen LogP contribution is 2.27. The predicted molar refractivity (Wildman–Crippen MR) is 70.7 cm³/mol. The molecule has 1 aromatic carbocycles. The van der Waals surface area contributed by atoms with E-state index in [4.69, 9.17) is 33.7 Å². The molecule has 0 unspecified atom stereocenters. The van der Waals surface area contributed by atoms with Gasteiger partial charge in [-0.25, -0.2) is 5.01 Å². The number of ether oxygens (including phenoxy) is 1. The minimum atomic E-state index is -0.321. The molecule has 0 bridgehead atoms. The zero-order valence-corrected chi connectivity index (χ0v) is 11.1. The summed E-state index contributed by atoms with van der Waals surface area (Å²) in [5, 5.41) is 2.43. The van der Waals surface area contributed by atoms with Gasteiger partial charge in [-0.05, 0) is 12.1 Å². The summed E-state index contributed by atoms with van der Waals surface area (Å²) in [6, 6.07) is 3.00. The second-order valence-electron chi connectivity index (χ2n) is 3.89. The molecular formula is C11H13Cl2N3O2. The molecule has 0 saturated carbocycles. The van der Waals surface area contributed by atoms with Gasteiger partial charge < -0.3 is 10.5 Å². The van der Waals surface area contributed by atoms with E-state index in [1.54, 1.807) is 5.01 Å². The maximum Gasteiger partial charge on any atom is 0.267 e. The number of nitrogens with two attached hydrogens (primary N) is 1. The molecule has 1 amide bonds. The standard InChI is InChI=1S/C11H13Cl2N3O2/c12-7-5-8(10(14)9(13)6-7)11(17)15-16-1-3-18-4-2-16/h5-6H,1-4,14H2,(H,15,17). The zero-order valence-electron chi connectivity index (χ0n) is 9.58. The number of nitrogens with zero attached hydrogens (tertiary/aromatic N) is 1. The lowest BCUT2D eigenvalue weighted by atomic mass is 10.1. The molecule has 0 aliphatic carbocycles. The summed E-state index contributed by atoms with van der Waals surface area (Å²) >= 11 is 11.7. The molecule has 2 rings (SSSR count). The van der Waals surface area contributed by atoms with Gasteiger partial charge >= 0.3 is 0 Å². The number of hydrazine groups is 1. The molecule has 0 spiro atoms. The van der Waals surface area contributed by atoms with E-state index in [1.807, 2.05) is 0 Å². The molecule has 0 aromatic heterocycles. The Kier molecular flexibility index (Phi) is 4.29. The highest BCUT2D eigenvalue weighted by molar-refractivity contribution is 6.37. The first kappa shape index (κ1) is 13.4. The number of hydrogen-bond acceptors (Lipinski definition) is 4. The lowest BCUT2D eigenvalue weighted by Crippen LogP contribution is -2.48.